The minimum Gasteiger partial charge on any atom is -0.377 e. The number of hydrogen-bond donors (Lipinski definition) is 2. The van der Waals surface area contributed by atoms with Crippen molar-refractivity contribution in [2.75, 3.05) is 19.8 Å². The first-order chi connectivity index (χ1) is 8.84. The molecule has 0 spiro atoms. The van der Waals surface area contributed by atoms with Crippen LogP contribution in [0.4, 0.5) is 0 Å². The monoisotopic (exact) mass is 251 g/mol. The number of hydrogen-bond acceptors (Lipinski definition) is 2. The van der Waals surface area contributed by atoms with E-state index in [1.807, 2.05) is 0 Å². The number of rotatable bonds is 4. The second kappa shape index (κ2) is 7.41. The zero-order valence-electron chi connectivity index (χ0n) is 11.2. The number of aliphatic imine (C=N–C) groups is 1. The molecular weight excluding hydrogens is 226 g/mol. The summed E-state index contributed by atoms with van der Waals surface area (Å²) >= 11 is 0. The maximum Gasteiger partial charge on any atom is 0.188 e. The highest BCUT2D eigenvalue weighted by Crippen LogP contribution is 2.17. The fraction of sp³-hybridized carbons (Fsp3) is 0.786. The molecular formula is C14H25N3O. The summed E-state index contributed by atoms with van der Waals surface area (Å²) in [7, 11) is 0. The molecule has 1 fully saturated rings. The molecule has 18 heavy (non-hydrogen) atoms. The van der Waals surface area contributed by atoms with Crippen LogP contribution in [0.1, 0.15) is 44.9 Å². The van der Waals surface area contributed by atoms with Crippen LogP contribution in [-0.2, 0) is 4.74 Å². The summed E-state index contributed by atoms with van der Waals surface area (Å²) in [4.78, 5) is 4.41. The van der Waals surface area contributed by atoms with Crippen molar-refractivity contribution in [3.63, 3.8) is 0 Å². The van der Waals surface area contributed by atoms with Gasteiger partial charge in [0.1, 0.15) is 0 Å². The van der Waals surface area contributed by atoms with Gasteiger partial charge < -0.3 is 15.8 Å². The molecule has 1 aliphatic heterocycles. The molecule has 0 saturated heterocycles. The highest BCUT2D eigenvalue weighted by atomic mass is 16.5. The van der Waals surface area contributed by atoms with Gasteiger partial charge in [-0.05, 0) is 25.7 Å². The van der Waals surface area contributed by atoms with E-state index in [0.717, 1.165) is 32.6 Å². The number of guanidine groups is 1. The van der Waals surface area contributed by atoms with E-state index >= 15 is 0 Å². The summed E-state index contributed by atoms with van der Waals surface area (Å²) in [5, 5.41) is 3.34. The first kappa shape index (κ1) is 13.4. The molecule has 0 radical (unpaired) electrons. The molecule has 102 valence electrons. The van der Waals surface area contributed by atoms with Crippen molar-refractivity contribution in [2.24, 2.45) is 10.7 Å². The molecule has 0 aromatic heterocycles. The van der Waals surface area contributed by atoms with Crippen LogP contribution in [0.15, 0.2) is 16.6 Å². The molecule has 0 aromatic rings. The topological polar surface area (TPSA) is 59.6 Å². The Labute approximate surface area is 110 Å². The van der Waals surface area contributed by atoms with Crippen molar-refractivity contribution in [3.05, 3.63) is 11.6 Å². The molecule has 4 nitrogen and oxygen atoms in total. The minimum absolute atomic E-state index is 0.546. The Hall–Kier alpha value is -1.03. The number of ether oxygens (including phenoxy) is 1. The second-order valence-corrected chi connectivity index (χ2v) is 5.18. The Morgan fingerprint density at radius 1 is 1.39 bits per heavy atom. The van der Waals surface area contributed by atoms with Crippen LogP contribution in [0.25, 0.3) is 0 Å². The minimum atomic E-state index is 0.546. The molecule has 4 heteroatoms. The SMILES string of the molecule is NC(=NCCC1=CCOCC1)NC1CCCCC1. The van der Waals surface area contributed by atoms with Crippen molar-refractivity contribution in [1.29, 1.82) is 0 Å². The third-order valence-corrected chi connectivity index (χ3v) is 3.73. The van der Waals surface area contributed by atoms with Gasteiger partial charge in [0.2, 0.25) is 0 Å². The summed E-state index contributed by atoms with van der Waals surface area (Å²) in [5.74, 6) is 0.620. The third kappa shape index (κ3) is 4.69. The van der Waals surface area contributed by atoms with E-state index in [1.54, 1.807) is 0 Å². The van der Waals surface area contributed by atoms with Crippen LogP contribution in [0.3, 0.4) is 0 Å². The Bertz CT molecular complexity index is 306. The van der Waals surface area contributed by atoms with E-state index in [-0.39, 0.29) is 0 Å². The van der Waals surface area contributed by atoms with Crippen LogP contribution in [0.5, 0.6) is 0 Å². The second-order valence-electron chi connectivity index (χ2n) is 5.18. The highest BCUT2D eigenvalue weighted by molar-refractivity contribution is 5.78. The van der Waals surface area contributed by atoms with E-state index in [0.29, 0.717) is 12.0 Å². The predicted octanol–water partition coefficient (Wildman–Crippen LogP) is 1.96. The van der Waals surface area contributed by atoms with Crippen LogP contribution < -0.4 is 11.1 Å². The standard InChI is InChI=1S/C14H25N3O/c15-14(17-13-4-2-1-3-5-13)16-9-6-12-7-10-18-11-8-12/h7,13H,1-6,8-11H2,(H3,15,16,17). The lowest BCUT2D eigenvalue weighted by atomic mass is 9.96. The van der Waals surface area contributed by atoms with Crippen molar-refractivity contribution in [2.45, 2.75) is 51.0 Å². The molecule has 3 N–H and O–H groups in total. The van der Waals surface area contributed by atoms with Crippen LogP contribution in [-0.4, -0.2) is 31.8 Å². The van der Waals surface area contributed by atoms with Gasteiger partial charge in [-0.15, -0.1) is 0 Å². The van der Waals surface area contributed by atoms with E-state index < -0.39 is 0 Å². The van der Waals surface area contributed by atoms with Gasteiger partial charge in [0, 0.05) is 12.6 Å². The van der Waals surface area contributed by atoms with Gasteiger partial charge in [-0.2, -0.15) is 0 Å². The molecule has 1 saturated carbocycles. The van der Waals surface area contributed by atoms with Crippen molar-refractivity contribution in [1.82, 2.24) is 5.32 Å². The molecule has 1 heterocycles. The highest BCUT2D eigenvalue weighted by Gasteiger charge is 2.13. The molecule has 2 aliphatic rings. The maximum atomic E-state index is 5.91. The van der Waals surface area contributed by atoms with E-state index in [1.165, 1.54) is 37.7 Å². The lowest BCUT2D eigenvalue weighted by Crippen LogP contribution is -2.41. The average Bonchev–Trinajstić information content (AvgIpc) is 2.41. The quantitative estimate of drug-likeness (QED) is 0.456. The van der Waals surface area contributed by atoms with E-state index in [4.69, 9.17) is 10.5 Å². The van der Waals surface area contributed by atoms with Crippen LogP contribution in [0.2, 0.25) is 0 Å². The summed E-state index contributed by atoms with van der Waals surface area (Å²) in [6.45, 7) is 2.40. The molecule has 0 atom stereocenters. The Kier molecular flexibility index (Phi) is 5.52. The first-order valence-corrected chi connectivity index (χ1v) is 7.17. The van der Waals surface area contributed by atoms with Gasteiger partial charge in [0.05, 0.1) is 13.2 Å². The van der Waals surface area contributed by atoms with Crippen molar-refractivity contribution in [3.8, 4) is 0 Å². The molecule has 1 aliphatic carbocycles. The van der Waals surface area contributed by atoms with Gasteiger partial charge >= 0.3 is 0 Å². The van der Waals surface area contributed by atoms with Gasteiger partial charge in [-0.3, -0.25) is 4.99 Å². The molecule has 0 aromatic carbocycles. The lowest BCUT2D eigenvalue weighted by Gasteiger charge is -2.23. The smallest absolute Gasteiger partial charge is 0.188 e. The molecule has 0 amide bonds. The fourth-order valence-corrected chi connectivity index (χ4v) is 2.61. The van der Waals surface area contributed by atoms with Gasteiger partial charge in [-0.1, -0.05) is 30.9 Å². The van der Waals surface area contributed by atoms with Gasteiger partial charge in [0.25, 0.3) is 0 Å². The van der Waals surface area contributed by atoms with Crippen LogP contribution in [0, 0.1) is 0 Å². The molecule has 2 rings (SSSR count). The summed E-state index contributed by atoms with van der Waals surface area (Å²) in [5.41, 5.74) is 7.37. The Morgan fingerprint density at radius 3 is 2.94 bits per heavy atom. The predicted molar refractivity (Wildman–Crippen MR) is 74.6 cm³/mol. The van der Waals surface area contributed by atoms with Gasteiger partial charge in [-0.25, -0.2) is 0 Å². The van der Waals surface area contributed by atoms with Gasteiger partial charge in [0.15, 0.2) is 5.96 Å². The zero-order valence-corrected chi connectivity index (χ0v) is 11.2. The normalized spacial score (nSPS) is 22.7. The molecule has 0 bridgehead atoms. The van der Waals surface area contributed by atoms with E-state index in [9.17, 15) is 0 Å². The zero-order chi connectivity index (χ0) is 12.6. The number of nitrogens with two attached hydrogens (primary N) is 1. The number of nitrogens with zero attached hydrogens (tertiary/aromatic N) is 1. The maximum absolute atomic E-state index is 5.91. The molecule has 0 unspecified atom stereocenters. The Morgan fingerprint density at radius 2 is 2.22 bits per heavy atom. The van der Waals surface area contributed by atoms with E-state index in [2.05, 4.69) is 16.4 Å². The summed E-state index contributed by atoms with van der Waals surface area (Å²) < 4.78 is 5.28. The van der Waals surface area contributed by atoms with Crippen LogP contribution >= 0.6 is 0 Å². The van der Waals surface area contributed by atoms with Crippen molar-refractivity contribution < 1.29 is 4.74 Å². The van der Waals surface area contributed by atoms with Crippen molar-refractivity contribution >= 4 is 5.96 Å². The summed E-state index contributed by atoms with van der Waals surface area (Å²) in [6.07, 6.45) is 10.7. The third-order valence-electron chi connectivity index (χ3n) is 3.73. The lowest BCUT2D eigenvalue weighted by molar-refractivity contribution is 0.153. The first-order valence-electron chi connectivity index (χ1n) is 7.17. The number of nitrogens with one attached hydrogen (secondary N) is 1. The Balaban J connectivity index is 1.66. The fourth-order valence-electron chi connectivity index (χ4n) is 2.61. The largest absolute Gasteiger partial charge is 0.377 e. The summed E-state index contributed by atoms with van der Waals surface area (Å²) in [6, 6.07) is 0.546. The average molecular weight is 251 g/mol.